The maximum absolute atomic E-state index is 13.4. The van der Waals surface area contributed by atoms with E-state index in [4.69, 9.17) is 11.6 Å². The fraction of sp³-hybridized carbons (Fsp3) is 0. The minimum atomic E-state index is -1.14. The van der Waals surface area contributed by atoms with E-state index < -0.39 is 17.5 Å². The Labute approximate surface area is 149 Å². The van der Waals surface area contributed by atoms with E-state index in [0.29, 0.717) is 11.4 Å². The van der Waals surface area contributed by atoms with E-state index >= 15 is 0 Å². The third-order valence-electron chi connectivity index (χ3n) is 3.20. The molecule has 3 aromatic rings. The van der Waals surface area contributed by atoms with Crippen molar-refractivity contribution < 1.29 is 13.6 Å². The van der Waals surface area contributed by atoms with Crippen LogP contribution in [0.25, 0.3) is 5.69 Å². The molecule has 0 saturated heterocycles. The Kier molecular flexibility index (Phi) is 4.64. The van der Waals surface area contributed by atoms with Crippen LogP contribution in [-0.4, -0.2) is 15.7 Å². The number of benzene rings is 2. The summed E-state index contributed by atoms with van der Waals surface area (Å²) < 4.78 is 28.8. The molecule has 1 N–H and O–H groups in total. The average Bonchev–Trinajstić information content (AvgIpc) is 2.97. The third kappa shape index (κ3) is 3.32. The van der Waals surface area contributed by atoms with E-state index in [1.54, 1.807) is 41.3 Å². The largest absolute Gasteiger partial charge is 0.320 e. The SMILES string of the molecule is O=C(Nc1ccccc1-n1cc(Br)cn1)c1cc(F)c(F)cc1Cl. The topological polar surface area (TPSA) is 46.9 Å². The highest BCUT2D eigenvalue weighted by atomic mass is 79.9. The molecule has 0 fully saturated rings. The number of hydrogen-bond donors (Lipinski definition) is 1. The molecule has 0 aliphatic heterocycles. The molecule has 0 unspecified atom stereocenters. The summed E-state index contributed by atoms with van der Waals surface area (Å²) >= 11 is 9.13. The summed E-state index contributed by atoms with van der Waals surface area (Å²) in [4.78, 5) is 12.4. The van der Waals surface area contributed by atoms with Gasteiger partial charge in [-0.15, -0.1) is 0 Å². The van der Waals surface area contributed by atoms with E-state index in [2.05, 4.69) is 26.3 Å². The van der Waals surface area contributed by atoms with Crippen LogP contribution in [0, 0.1) is 11.6 Å². The predicted octanol–water partition coefficient (Wildman–Crippen LogP) is 4.82. The van der Waals surface area contributed by atoms with Gasteiger partial charge in [-0.3, -0.25) is 4.79 Å². The van der Waals surface area contributed by atoms with Crippen LogP contribution in [0.3, 0.4) is 0 Å². The highest BCUT2D eigenvalue weighted by molar-refractivity contribution is 9.10. The van der Waals surface area contributed by atoms with E-state index in [0.717, 1.165) is 16.6 Å². The van der Waals surface area contributed by atoms with Gasteiger partial charge in [0.2, 0.25) is 0 Å². The Hall–Kier alpha value is -2.25. The summed E-state index contributed by atoms with van der Waals surface area (Å²) in [6.45, 7) is 0. The van der Waals surface area contributed by atoms with Crippen molar-refractivity contribution in [1.82, 2.24) is 9.78 Å². The minimum Gasteiger partial charge on any atom is -0.320 e. The van der Waals surface area contributed by atoms with Gasteiger partial charge < -0.3 is 5.32 Å². The predicted molar refractivity (Wildman–Crippen MR) is 90.6 cm³/mol. The lowest BCUT2D eigenvalue weighted by Gasteiger charge is -2.12. The van der Waals surface area contributed by atoms with E-state index in [1.165, 1.54) is 0 Å². The number of anilines is 1. The lowest BCUT2D eigenvalue weighted by Crippen LogP contribution is -2.15. The van der Waals surface area contributed by atoms with Crippen LogP contribution < -0.4 is 5.32 Å². The molecule has 1 heterocycles. The first-order valence-corrected chi connectivity index (χ1v) is 7.88. The highest BCUT2D eigenvalue weighted by Gasteiger charge is 2.16. The van der Waals surface area contributed by atoms with Crippen molar-refractivity contribution in [3.05, 3.63) is 75.5 Å². The summed E-state index contributed by atoms with van der Waals surface area (Å²) in [7, 11) is 0. The van der Waals surface area contributed by atoms with Gasteiger partial charge in [-0.25, -0.2) is 13.5 Å². The molecule has 0 atom stereocenters. The molecule has 0 spiro atoms. The van der Waals surface area contributed by atoms with Crippen LogP contribution >= 0.6 is 27.5 Å². The van der Waals surface area contributed by atoms with Crippen LogP contribution in [0.5, 0.6) is 0 Å². The Morgan fingerprint density at radius 2 is 1.92 bits per heavy atom. The number of carbonyl (C=O) groups excluding carboxylic acids is 1. The molecule has 2 aromatic carbocycles. The lowest BCUT2D eigenvalue weighted by molar-refractivity contribution is 0.102. The van der Waals surface area contributed by atoms with Crippen LogP contribution in [0.1, 0.15) is 10.4 Å². The second kappa shape index (κ2) is 6.70. The highest BCUT2D eigenvalue weighted by Crippen LogP contribution is 2.24. The monoisotopic (exact) mass is 411 g/mol. The number of amides is 1. The number of halogens is 4. The van der Waals surface area contributed by atoms with Crippen molar-refractivity contribution in [2.45, 2.75) is 0 Å². The van der Waals surface area contributed by atoms with Crippen molar-refractivity contribution in [2.24, 2.45) is 0 Å². The first-order chi connectivity index (χ1) is 11.5. The van der Waals surface area contributed by atoms with Gasteiger partial charge in [-0.2, -0.15) is 5.10 Å². The van der Waals surface area contributed by atoms with Crippen LogP contribution in [0.4, 0.5) is 14.5 Å². The molecule has 0 aliphatic carbocycles. The van der Waals surface area contributed by atoms with E-state index in [-0.39, 0.29) is 10.6 Å². The minimum absolute atomic E-state index is 0.160. The normalized spacial score (nSPS) is 10.7. The lowest BCUT2D eigenvalue weighted by atomic mass is 10.2. The van der Waals surface area contributed by atoms with Gasteiger partial charge in [0.25, 0.3) is 5.91 Å². The number of nitrogens with one attached hydrogen (secondary N) is 1. The number of nitrogens with zero attached hydrogens (tertiary/aromatic N) is 2. The first-order valence-electron chi connectivity index (χ1n) is 6.71. The van der Waals surface area contributed by atoms with Gasteiger partial charge in [-0.05, 0) is 40.2 Å². The van der Waals surface area contributed by atoms with Gasteiger partial charge in [0.05, 0.1) is 32.6 Å². The van der Waals surface area contributed by atoms with Gasteiger partial charge in [0, 0.05) is 6.20 Å². The van der Waals surface area contributed by atoms with Crippen LogP contribution in [-0.2, 0) is 0 Å². The van der Waals surface area contributed by atoms with E-state index in [9.17, 15) is 13.6 Å². The van der Waals surface area contributed by atoms with Crippen LogP contribution in [0.2, 0.25) is 5.02 Å². The average molecular weight is 413 g/mol. The second-order valence-corrected chi connectivity index (χ2v) is 6.14. The summed E-state index contributed by atoms with van der Waals surface area (Å²) in [5, 5.41) is 6.61. The van der Waals surface area contributed by atoms with Gasteiger partial charge in [0.15, 0.2) is 11.6 Å². The zero-order valence-electron chi connectivity index (χ0n) is 11.9. The fourth-order valence-electron chi connectivity index (χ4n) is 2.10. The Morgan fingerprint density at radius 1 is 1.21 bits per heavy atom. The van der Waals surface area contributed by atoms with Gasteiger partial charge in [0.1, 0.15) is 0 Å². The zero-order chi connectivity index (χ0) is 17.3. The van der Waals surface area contributed by atoms with Gasteiger partial charge in [-0.1, -0.05) is 23.7 Å². The van der Waals surface area contributed by atoms with Crippen molar-refractivity contribution in [1.29, 1.82) is 0 Å². The fourth-order valence-corrected chi connectivity index (χ4v) is 2.62. The van der Waals surface area contributed by atoms with Crippen molar-refractivity contribution in [2.75, 3.05) is 5.32 Å². The summed E-state index contributed by atoms with van der Waals surface area (Å²) in [5.41, 5.74) is 0.890. The van der Waals surface area contributed by atoms with Crippen molar-refractivity contribution >= 4 is 39.1 Å². The molecule has 0 saturated carbocycles. The summed E-state index contributed by atoms with van der Waals surface area (Å²) in [6, 6.07) is 8.45. The molecule has 1 amide bonds. The molecule has 3 rings (SSSR count). The van der Waals surface area contributed by atoms with E-state index in [1.807, 2.05) is 0 Å². The molecular formula is C16H9BrClF2N3O. The second-order valence-electron chi connectivity index (χ2n) is 4.82. The molecule has 122 valence electrons. The Balaban J connectivity index is 1.95. The number of hydrogen-bond acceptors (Lipinski definition) is 2. The molecule has 0 radical (unpaired) electrons. The number of carbonyl (C=O) groups is 1. The standard InChI is InChI=1S/C16H9BrClF2N3O/c17-9-7-21-23(8-9)15-4-2-1-3-14(15)22-16(24)10-5-12(19)13(20)6-11(10)18/h1-8H,(H,22,24). The molecule has 8 heteroatoms. The van der Waals surface area contributed by atoms with Crippen molar-refractivity contribution in [3.8, 4) is 5.69 Å². The molecule has 4 nitrogen and oxygen atoms in total. The number of rotatable bonds is 3. The zero-order valence-corrected chi connectivity index (χ0v) is 14.3. The summed E-state index contributed by atoms with van der Waals surface area (Å²) in [6.07, 6.45) is 3.32. The molecule has 0 aliphatic rings. The first kappa shape index (κ1) is 16.6. The maximum atomic E-state index is 13.4. The Bertz CT molecular complexity index is 929. The third-order valence-corrected chi connectivity index (χ3v) is 3.93. The molecule has 0 bridgehead atoms. The molecular weight excluding hydrogens is 404 g/mol. The smallest absolute Gasteiger partial charge is 0.257 e. The van der Waals surface area contributed by atoms with Crippen LogP contribution in [0.15, 0.2) is 53.3 Å². The maximum Gasteiger partial charge on any atom is 0.257 e. The Morgan fingerprint density at radius 3 is 2.62 bits per heavy atom. The quantitative estimate of drug-likeness (QED) is 0.627. The number of aromatic nitrogens is 2. The number of para-hydroxylation sites is 2. The molecule has 1 aromatic heterocycles. The molecule has 24 heavy (non-hydrogen) atoms. The summed E-state index contributed by atoms with van der Waals surface area (Å²) in [5.74, 6) is -2.91. The van der Waals surface area contributed by atoms with Crippen molar-refractivity contribution in [3.63, 3.8) is 0 Å². The van der Waals surface area contributed by atoms with Gasteiger partial charge >= 0.3 is 0 Å².